The maximum Gasteiger partial charge on any atom is 0.317 e. The Kier molecular flexibility index (Phi) is 5.55. The molecule has 6 heteroatoms. The Balaban J connectivity index is 2.30. The number of carbonyl (C=O) groups is 2. The summed E-state index contributed by atoms with van der Waals surface area (Å²) in [5.41, 5.74) is 0. The standard InChI is InChI=1S/C12H22N2O4/c1-4-14(7-11(15)16)10-5-9(6-10)13-12(17)8(2)18-3/h8-10H,4-7H2,1-3H3,(H,13,17)(H,15,16)/t8-,9?,10?/m1/s1. The van der Waals surface area contributed by atoms with Gasteiger partial charge >= 0.3 is 5.97 Å². The quantitative estimate of drug-likeness (QED) is 0.676. The van der Waals surface area contributed by atoms with E-state index in [4.69, 9.17) is 9.84 Å². The van der Waals surface area contributed by atoms with Crippen LogP contribution in [-0.4, -0.2) is 60.3 Å². The van der Waals surface area contributed by atoms with Crippen LogP contribution in [0.1, 0.15) is 26.7 Å². The molecule has 1 atom stereocenters. The predicted octanol–water partition coefficient (Wildman–Crippen LogP) is 0.0750. The van der Waals surface area contributed by atoms with E-state index in [0.717, 1.165) is 12.8 Å². The first kappa shape index (κ1) is 14.9. The molecule has 0 aromatic rings. The third-order valence-corrected chi connectivity index (χ3v) is 3.44. The van der Waals surface area contributed by atoms with E-state index in [1.165, 1.54) is 7.11 Å². The van der Waals surface area contributed by atoms with Gasteiger partial charge < -0.3 is 15.2 Å². The molecule has 0 bridgehead atoms. The molecule has 18 heavy (non-hydrogen) atoms. The van der Waals surface area contributed by atoms with E-state index >= 15 is 0 Å². The first-order chi connectivity index (χ1) is 8.47. The first-order valence-corrected chi connectivity index (χ1v) is 6.26. The summed E-state index contributed by atoms with van der Waals surface area (Å²) in [4.78, 5) is 24.2. The smallest absolute Gasteiger partial charge is 0.317 e. The van der Waals surface area contributed by atoms with Crippen molar-refractivity contribution in [3.63, 3.8) is 0 Å². The molecule has 0 unspecified atom stereocenters. The number of nitrogens with one attached hydrogen (secondary N) is 1. The molecule has 1 fully saturated rings. The van der Waals surface area contributed by atoms with Gasteiger partial charge in [0.1, 0.15) is 6.10 Å². The van der Waals surface area contributed by atoms with Crippen LogP contribution in [0.5, 0.6) is 0 Å². The molecule has 0 aliphatic heterocycles. The lowest BCUT2D eigenvalue weighted by atomic mass is 9.85. The summed E-state index contributed by atoms with van der Waals surface area (Å²) in [7, 11) is 1.50. The van der Waals surface area contributed by atoms with E-state index in [9.17, 15) is 9.59 Å². The van der Waals surface area contributed by atoms with E-state index in [-0.39, 0.29) is 24.5 Å². The highest BCUT2D eigenvalue weighted by atomic mass is 16.5. The van der Waals surface area contributed by atoms with Crippen molar-refractivity contribution in [1.82, 2.24) is 10.2 Å². The number of rotatable bonds is 7. The molecule has 0 heterocycles. The second-order valence-corrected chi connectivity index (χ2v) is 4.67. The van der Waals surface area contributed by atoms with Crippen LogP contribution in [0.3, 0.4) is 0 Å². The number of carboxylic acid groups (broad SMARTS) is 1. The highest BCUT2D eigenvalue weighted by molar-refractivity contribution is 5.80. The number of carboxylic acids is 1. The molecule has 0 radical (unpaired) electrons. The van der Waals surface area contributed by atoms with Crippen LogP contribution >= 0.6 is 0 Å². The van der Waals surface area contributed by atoms with Crippen LogP contribution in [-0.2, 0) is 14.3 Å². The summed E-state index contributed by atoms with van der Waals surface area (Å²) in [6, 6.07) is 0.400. The van der Waals surface area contributed by atoms with Gasteiger partial charge in [0.05, 0.1) is 6.54 Å². The molecular weight excluding hydrogens is 236 g/mol. The number of hydrogen-bond acceptors (Lipinski definition) is 4. The van der Waals surface area contributed by atoms with Gasteiger partial charge in [-0.2, -0.15) is 0 Å². The highest BCUT2D eigenvalue weighted by Crippen LogP contribution is 2.25. The number of nitrogens with zero attached hydrogens (tertiary/aromatic N) is 1. The van der Waals surface area contributed by atoms with Crippen LogP contribution in [0.4, 0.5) is 0 Å². The zero-order valence-corrected chi connectivity index (χ0v) is 11.2. The maximum atomic E-state index is 11.6. The number of aliphatic carboxylic acids is 1. The lowest BCUT2D eigenvalue weighted by Gasteiger charge is -2.42. The van der Waals surface area contributed by atoms with Crippen LogP contribution in [0.15, 0.2) is 0 Å². The van der Waals surface area contributed by atoms with E-state index in [1.54, 1.807) is 6.92 Å². The van der Waals surface area contributed by atoms with Crippen molar-refractivity contribution in [3.05, 3.63) is 0 Å². The summed E-state index contributed by atoms with van der Waals surface area (Å²) in [6.45, 7) is 4.43. The largest absolute Gasteiger partial charge is 0.480 e. The summed E-state index contributed by atoms with van der Waals surface area (Å²) >= 11 is 0. The van der Waals surface area contributed by atoms with E-state index in [0.29, 0.717) is 6.54 Å². The molecule has 1 saturated carbocycles. The number of methoxy groups -OCH3 is 1. The second kappa shape index (κ2) is 6.70. The molecule has 1 rings (SSSR count). The normalized spacial score (nSPS) is 24.4. The third-order valence-electron chi connectivity index (χ3n) is 3.44. The van der Waals surface area contributed by atoms with E-state index in [2.05, 4.69) is 5.32 Å². The fraction of sp³-hybridized carbons (Fsp3) is 0.833. The zero-order chi connectivity index (χ0) is 13.7. The van der Waals surface area contributed by atoms with Gasteiger partial charge in [0.25, 0.3) is 0 Å². The molecule has 1 aliphatic carbocycles. The van der Waals surface area contributed by atoms with E-state index in [1.807, 2.05) is 11.8 Å². The monoisotopic (exact) mass is 258 g/mol. The predicted molar refractivity (Wildman–Crippen MR) is 66.3 cm³/mol. The summed E-state index contributed by atoms with van der Waals surface area (Å²) in [5.74, 6) is -0.917. The molecule has 104 valence electrons. The Morgan fingerprint density at radius 3 is 2.56 bits per heavy atom. The maximum absolute atomic E-state index is 11.6. The first-order valence-electron chi connectivity index (χ1n) is 6.26. The Labute approximate surface area is 107 Å². The second-order valence-electron chi connectivity index (χ2n) is 4.67. The van der Waals surface area contributed by atoms with Crippen LogP contribution in [0, 0.1) is 0 Å². The molecule has 1 amide bonds. The third kappa shape index (κ3) is 3.96. The van der Waals surface area contributed by atoms with Gasteiger partial charge in [-0.15, -0.1) is 0 Å². The summed E-state index contributed by atoms with van der Waals surface area (Å²) < 4.78 is 4.93. The SMILES string of the molecule is CCN(CC(=O)O)C1CC(NC(=O)[C@@H](C)OC)C1. The molecule has 0 spiro atoms. The topological polar surface area (TPSA) is 78.9 Å². The van der Waals surface area contributed by atoms with Gasteiger partial charge in [-0.05, 0) is 26.3 Å². The van der Waals surface area contributed by atoms with Gasteiger partial charge in [-0.25, -0.2) is 0 Å². The molecule has 0 aromatic carbocycles. The molecule has 6 nitrogen and oxygen atoms in total. The minimum Gasteiger partial charge on any atom is -0.480 e. The minimum atomic E-state index is -0.808. The Morgan fingerprint density at radius 1 is 1.50 bits per heavy atom. The van der Waals surface area contributed by atoms with Crippen molar-refractivity contribution in [2.45, 2.75) is 44.9 Å². The van der Waals surface area contributed by atoms with Gasteiger partial charge in [-0.3, -0.25) is 14.5 Å². The molecule has 2 N–H and O–H groups in total. The molecule has 1 aliphatic rings. The lowest BCUT2D eigenvalue weighted by Crippen LogP contribution is -2.56. The minimum absolute atomic E-state index is 0.0658. The van der Waals surface area contributed by atoms with Gasteiger partial charge in [0, 0.05) is 19.2 Å². The molecular formula is C12H22N2O4. The Morgan fingerprint density at radius 2 is 2.11 bits per heavy atom. The van der Waals surface area contributed by atoms with Gasteiger partial charge in [0.15, 0.2) is 0 Å². The highest BCUT2D eigenvalue weighted by Gasteiger charge is 2.35. The fourth-order valence-electron chi connectivity index (χ4n) is 2.10. The average molecular weight is 258 g/mol. The average Bonchev–Trinajstić information content (AvgIpc) is 2.28. The van der Waals surface area contributed by atoms with Crippen LogP contribution in [0.25, 0.3) is 0 Å². The summed E-state index contributed by atoms with van der Waals surface area (Å²) in [5, 5.41) is 11.7. The fourth-order valence-corrected chi connectivity index (χ4v) is 2.10. The van der Waals surface area contributed by atoms with Crippen LogP contribution < -0.4 is 5.32 Å². The van der Waals surface area contributed by atoms with Crippen molar-refractivity contribution < 1.29 is 19.4 Å². The van der Waals surface area contributed by atoms with Crippen molar-refractivity contribution in [3.8, 4) is 0 Å². The Hall–Kier alpha value is -1.14. The van der Waals surface area contributed by atoms with Crippen LogP contribution in [0.2, 0.25) is 0 Å². The number of ether oxygens (including phenoxy) is 1. The Bertz CT molecular complexity index is 302. The zero-order valence-electron chi connectivity index (χ0n) is 11.2. The van der Waals surface area contributed by atoms with Crippen molar-refractivity contribution in [1.29, 1.82) is 0 Å². The molecule has 0 saturated heterocycles. The molecule has 0 aromatic heterocycles. The van der Waals surface area contributed by atoms with Gasteiger partial charge in [-0.1, -0.05) is 6.92 Å². The van der Waals surface area contributed by atoms with Crippen molar-refractivity contribution in [2.24, 2.45) is 0 Å². The lowest BCUT2D eigenvalue weighted by molar-refractivity contribution is -0.140. The summed E-state index contributed by atoms with van der Waals surface area (Å²) in [6.07, 6.45) is 1.18. The number of carbonyl (C=O) groups excluding carboxylic acids is 1. The number of amides is 1. The number of likely N-dealkylation sites (N-methyl/N-ethyl adjacent to an activating group) is 1. The van der Waals surface area contributed by atoms with E-state index < -0.39 is 12.1 Å². The van der Waals surface area contributed by atoms with Crippen molar-refractivity contribution >= 4 is 11.9 Å². The van der Waals surface area contributed by atoms with Crippen molar-refractivity contribution in [2.75, 3.05) is 20.2 Å². The number of hydrogen-bond donors (Lipinski definition) is 2. The van der Waals surface area contributed by atoms with Gasteiger partial charge in [0.2, 0.25) is 5.91 Å².